The number of rotatable bonds is 5. The minimum absolute atomic E-state index is 0. The van der Waals surface area contributed by atoms with E-state index >= 15 is 0 Å². The molecule has 6 nitrogen and oxygen atoms in total. The molecule has 4 rings (SSSR count). The molecule has 4 aromatic rings. The number of para-hydroxylation sites is 1. The molecule has 7 heteroatoms. The van der Waals surface area contributed by atoms with Crippen LogP contribution in [-0.2, 0) is 0 Å². The summed E-state index contributed by atoms with van der Waals surface area (Å²) in [5, 5.41) is 22.9. The van der Waals surface area contributed by atoms with Gasteiger partial charge < -0.3 is 15.5 Å². The van der Waals surface area contributed by atoms with Crippen LogP contribution in [0.1, 0.15) is 20.7 Å². The van der Waals surface area contributed by atoms with Crippen molar-refractivity contribution in [2.75, 3.05) is 5.32 Å². The summed E-state index contributed by atoms with van der Waals surface area (Å²) in [5.41, 5.74) is 2.89. The molecule has 1 heterocycles. The van der Waals surface area contributed by atoms with Gasteiger partial charge in [0.1, 0.15) is 5.75 Å². The average molecular weight is 434 g/mol. The molecule has 0 fully saturated rings. The SMILES string of the molecule is O=C(O)c1ccc(-c2ccccc2)cc1NC(=O)c1cccc(-c2cccnc2)c1O.[NaH]. The van der Waals surface area contributed by atoms with Crippen molar-refractivity contribution >= 4 is 47.1 Å². The van der Waals surface area contributed by atoms with E-state index in [-0.39, 0.29) is 52.1 Å². The van der Waals surface area contributed by atoms with Gasteiger partial charge >= 0.3 is 35.5 Å². The number of hydrogen-bond acceptors (Lipinski definition) is 4. The third-order valence-corrected chi connectivity index (χ3v) is 4.86. The fourth-order valence-corrected chi connectivity index (χ4v) is 3.32. The van der Waals surface area contributed by atoms with Gasteiger partial charge in [-0.25, -0.2) is 4.79 Å². The van der Waals surface area contributed by atoms with Crippen molar-refractivity contribution in [2.45, 2.75) is 0 Å². The van der Waals surface area contributed by atoms with Crippen LogP contribution < -0.4 is 5.32 Å². The van der Waals surface area contributed by atoms with Crippen molar-refractivity contribution in [1.82, 2.24) is 4.98 Å². The summed E-state index contributed by atoms with van der Waals surface area (Å²) < 4.78 is 0. The number of amides is 1. The minimum atomic E-state index is -1.16. The second-order valence-corrected chi connectivity index (χ2v) is 6.83. The fourth-order valence-electron chi connectivity index (χ4n) is 3.32. The summed E-state index contributed by atoms with van der Waals surface area (Å²) >= 11 is 0. The molecular formula is C25H19N2NaO4. The molecule has 3 aromatic carbocycles. The number of phenols is 1. The van der Waals surface area contributed by atoms with Crippen LogP contribution in [0.4, 0.5) is 5.69 Å². The number of aromatic hydroxyl groups is 1. The van der Waals surface area contributed by atoms with Gasteiger partial charge in [0.15, 0.2) is 0 Å². The number of carbonyl (C=O) groups is 2. The molecule has 154 valence electrons. The maximum atomic E-state index is 13.0. The first-order valence-electron chi connectivity index (χ1n) is 9.51. The Labute approximate surface area is 206 Å². The van der Waals surface area contributed by atoms with Crippen molar-refractivity contribution < 1.29 is 19.8 Å². The molecule has 0 spiro atoms. The summed E-state index contributed by atoms with van der Waals surface area (Å²) in [7, 11) is 0. The molecule has 0 aliphatic heterocycles. The molecule has 0 unspecified atom stereocenters. The van der Waals surface area contributed by atoms with E-state index in [1.54, 1.807) is 48.8 Å². The van der Waals surface area contributed by atoms with Gasteiger partial charge in [0, 0.05) is 23.5 Å². The molecule has 0 atom stereocenters. The molecule has 0 aliphatic carbocycles. The molecule has 0 radical (unpaired) electrons. The Morgan fingerprint density at radius 1 is 0.781 bits per heavy atom. The zero-order chi connectivity index (χ0) is 21.8. The number of benzene rings is 3. The van der Waals surface area contributed by atoms with E-state index in [4.69, 9.17) is 0 Å². The molecule has 1 amide bonds. The van der Waals surface area contributed by atoms with E-state index < -0.39 is 11.9 Å². The summed E-state index contributed by atoms with van der Waals surface area (Å²) in [6.45, 7) is 0. The van der Waals surface area contributed by atoms with E-state index in [1.807, 2.05) is 30.3 Å². The number of carbonyl (C=O) groups excluding carboxylic acids is 1. The first kappa shape index (κ1) is 23.2. The van der Waals surface area contributed by atoms with Crippen LogP contribution in [0, 0.1) is 0 Å². The van der Waals surface area contributed by atoms with Crippen LogP contribution in [0.5, 0.6) is 5.75 Å². The van der Waals surface area contributed by atoms with Crippen LogP contribution in [0.3, 0.4) is 0 Å². The van der Waals surface area contributed by atoms with Crippen LogP contribution in [0.2, 0.25) is 0 Å². The summed E-state index contributed by atoms with van der Waals surface area (Å²) in [5.74, 6) is -1.98. The van der Waals surface area contributed by atoms with Gasteiger partial charge in [-0.3, -0.25) is 9.78 Å². The fraction of sp³-hybridized carbons (Fsp3) is 0. The maximum absolute atomic E-state index is 13.0. The monoisotopic (exact) mass is 434 g/mol. The molecule has 0 saturated carbocycles. The number of carboxylic acid groups (broad SMARTS) is 1. The molecule has 0 saturated heterocycles. The van der Waals surface area contributed by atoms with Crippen LogP contribution in [-0.4, -0.2) is 56.6 Å². The average Bonchev–Trinajstić information content (AvgIpc) is 2.80. The number of hydrogen-bond donors (Lipinski definition) is 3. The Kier molecular flexibility index (Phi) is 7.43. The first-order valence-corrected chi connectivity index (χ1v) is 9.51. The number of anilines is 1. The summed E-state index contributed by atoms with van der Waals surface area (Å²) in [6.07, 6.45) is 3.20. The number of nitrogens with one attached hydrogen (secondary N) is 1. The van der Waals surface area contributed by atoms with Crippen LogP contribution in [0.15, 0.2) is 91.3 Å². The zero-order valence-corrected chi connectivity index (χ0v) is 16.3. The quantitative estimate of drug-likeness (QED) is 0.404. The third kappa shape index (κ3) is 4.89. The Hall–Kier alpha value is -3.45. The van der Waals surface area contributed by atoms with E-state index in [9.17, 15) is 19.8 Å². The van der Waals surface area contributed by atoms with Crippen molar-refractivity contribution in [1.29, 1.82) is 0 Å². The van der Waals surface area contributed by atoms with Crippen LogP contribution in [0.25, 0.3) is 22.3 Å². The molecule has 0 bridgehead atoms. The van der Waals surface area contributed by atoms with E-state index in [0.29, 0.717) is 11.1 Å². The molecule has 1 aromatic heterocycles. The zero-order valence-electron chi connectivity index (χ0n) is 16.3. The van der Waals surface area contributed by atoms with Crippen molar-refractivity contribution in [2.24, 2.45) is 0 Å². The van der Waals surface area contributed by atoms with E-state index in [1.165, 1.54) is 12.1 Å². The van der Waals surface area contributed by atoms with Gasteiger partial charge in [0.25, 0.3) is 5.91 Å². The molecule has 3 N–H and O–H groups in total. The standard InChI is InChI=1S/C25H18N2O4.Na.H/c28-23-19(18-8-5-13-26-15-18)9-4-10-21(23)24(29)27-22-14-17(11-12-20(22)25(30)31)16-6-2-1-3-7-16;;/h1-15,28H,(H,27,29)(H,30,31);;. The third-order valence-electron chi connectivity index (χ3n) is 4.86. The molecular weight excluding hydrogens is 415 g/mol. The van der Waals surface area contributed by atoms with E-state index in [2.05, 4.69) is 10.3 Å². The van der Waals surface area contributed by atoms with Gasteiger partial charge in [-0.2, -0.15) is 0 Å². The van der Waals surface area contributed by atoms with Crippen LogP contribution >= 0.6 is 0 Å². The number of aromatic nitrogens is 1. The predicted octanol–water partition coefficient (Wildman–Crippen LogP) is 4.42. The number of carboxylic acids is 1. The van der Waals surface area contributed by atoms with Crippen molar-refractivity contribution in [3.63, 3.8) is 0 Å². The first-order chi connectivity index (χ1) is 15.0. The predicted molar refractivity (Wildman–Crippen MR) is 125 cm³/mol. The number of aromatic carboxylic acids is 1. The van der Waals surface area contributed by atoms with Gasteiger partial charge in [-0.05, 0) is 35.4 Å². The van der Waals surface area contributed by atoms with Gasteiger partial charge in [-0.15, -0.1) is 0 Å². The Morgan fingerprint density at radius 3 is 2.22 bits per heavy atom. The number of nitrogens with zero attached hydrogens (tertiary/aromatic N) is 1. The van der Waals surface area contributed by atoms with Gasteiger partial charge in [0.05, 0.1) is 16.8 Å². The topological polar surface area (TPSA) is 99.5 Å². The molecule has 0 aliphatic rings. The second kappa shape index (κ2) is 10.2. The Morgan fingerprint density at radius 2 is 1.53 bits per heavy atom. The normalized spacial score (nSPS) is 10.1. The van der Waals surface area contributed by atoms with Crippen molar-refractivity contribution in [3.05, 3.63) is 102 Å². The van der Waals surface area contributed by atoms with Crippen molar-refractivity contribution in [3.8, 4) is 28.0 Å². The Balaban J connectivity index is 0.00000289. The number of phenolic OH excluding ortho intramolecular Hbond substituents is 1. The van der Waals surface area contributed by atoms with E-state index in [0.717, 1.165) is 11.1 Å². The van der Waals surface area contributed by atoms with Gasteiger partial charge in [0.2, 0.25) is 0 Å². The summed E-state index contributed by atoms with van der Waals surface area (Å²) in [6, 6.07) is 22.5. The Bertz CT molecular complexity index is 1260. The second-order valence-electron chi connectivity index (χ2n) is 6.83. The molecule has 32 heavy (non-hydrogen) atoms. The van der Waals surface area contributed by atoms with Gasteiger partial charge in [-0.1, -0.05) is 54.6 Å². The summed E-state index contributed by atoms with van der Waals surface area (Å²) in [4.78, 5) is 28.7. The number of pyridine rings is 1.